The van der Waals surface area contributed by atoms with E-state index in [0.717, 1.165) is 17.5 Å². The average molecular weight is 390 g/mol. The van der Waals surface area contributed by atoms with E-state index in [4.69, 9.17) is 28.3 Å². The van der Waals surface area contributed by atoms with Crippen molar-refractivity contribution in [1.82, 2.24) is 9.55 Å². The normalized spacial score (nSPS) is 11.2. The van der Waals surface area contributed by atoms with Crippen LogP contribution in [0.3, 0.4) is 0 Å². The molecule has 0 amide bonds. The van der Waals surface area contributed by atoms with Gasteiger partial charge in [0.1, 0.15) is 10.4 Å². The molecule has 0 fully saturated rings. The van der Waals surface area contributed by atoms with Gasteiger partial charge in [0.2, 0.25) is 0 Å². The van der Waals surface area contributed by atoms with Gasteiger partial charge < -0.3 is 9.67 Å². The van der Waals surface area contributed by atoms with E-state index < -0.39 is 5.97 Å². The number of halogens is 3. The molecule has 0 aliphatic heterocycles. The molecule has 0 atom stereocenters. The average Bonchev–Trinajstić information content (AvgIpc) is 2.65. The number of nitrogens with zero attached hydrogens (tertiary/aromatic N) is 2. The summed E-state index contributed by atoms with van der Waals surface area (Å²) in [5.41, 5.74) is 1.54. The smallest absolute Gasteiger partial charge is 0.328 e. The van der Waals surface area contributed by atoms with Crippen LogP contribution in [0.4, 0.5) is 0 Å². The zero-order chi connectivity index (χ0) is 15.6. The highest BCUT2D eigenvalue weighted by Crippen LogP contribution is 2.25. The molecule has 0 radical (unpaired) electrons. The van der Waals surface area contributed by atoms with E-state index in [2.05, 4.69) is 20.9 Å². The van der Waals surface area contributed by atoms with Crippen molar-refractivity contribution in [2.45, 2.75) is 13.5 Å². The molecule has 7 heteroatoms. The molecule has 0 spiro atoms. The second-order valence-corrected chi connectivity index (χ2v) is 5.92. The molecule has 1 aromatic heterocycles. The van der Waals surface area contributed by atoms with Gasteiger partial charge >= 0.3 is 5.97 Å². The van der Waals surface area contributed by atoms with Crippen LogP contribution < -0.4 is 0 Å². The van der Waals surface area contributed by atoms with Gasteiger partial charge in [-0.2, -0.15) is 0 Å². The second kappa shape index (κ2) is 6.64. The van der Waals surface area contributed by atoms with Crippen LogP contribution in [0.2, 0.25) is 10.0 Å². The monoisotopic (exact) mass is 388 g/mol. The number of hydrogen-bond acceptors (Lipinski definition) is 2. The lowest BCUT2D eigenvalue weighted by Gasteiger charge is -2.10. The van der Waals surface area contributed by atoms with Crippen molar-refractivity contribution < 1.29 is 9.90 Å². The van der Waals surface area contributed by atoms with Crippen LogP contribution >= 0.6 is 39.1 Å². The molecule has 21 heavy (non-hydrogen) atoms. The van der Waals surface area contributed by atoms with Gasteiger partial charge in [0, 0.05) is 16.1 Å². The van der Waals surface area contributed by atoms with Crippen LogP contribution in [-0.2, 0) is 11.3 Å². The van der Waals surface area contributed by atoms with E-state index in [-0.39, 0.29) is 0 Å². The number of carboxylic acid groups (broad SMARTS) is 1. The Labute approximate surface area is 140 Å². The number of benzene rings is 1. The number of aromatic nitrogens is 2. The summed E-state index contributed by atoms with van der Waals surface area (Å²) >= 11 is 15.4. The predicted molar refractivity (Wildman–Crippen MR) is 86.9 cm³/mol. The molecule has 1 N–H and O–H groups in total. The molecule has 110 valence electrons. The molecule has 1 heterocycles. The lowest BCUT2D eigenvalue weighted by atomic mass is 10.2. The van der Waals surface area contributed by atoms with Gasteiger partial charge in [-0.25, -0.2) is 9.78 Å². The van der Waals surface area contributed by atoms with Crippen LogP contribution in [0.1, 0.15) is 17.1 Å². The summed E-state index contributed by atoms with van der Waals surface area (Å²) in [5.74, 6) is -0.269. The number of hydrogen-bond donors (Lipinski definition) is 1. The molecule has 2 rings (SSSR count). The van der Waals surface area contributed by atoms with Crippen LogP contribution in [0.15, 0.2) is 28.9 Å². The van der Waals surface area contributed by atoms with Gasteiger partial charge in [0.25, 0.3) is 0 Å². The Morgan fingerprint density at radius 2 is 2.19 bits per heavy atom. The number of carbonyl (C=O) groups is 1. The molecule has 0 aliphatic carbocycles. The van der Waals surface area contributed by atoms with Crippen molar-refractivity contribution in [3.63, 3.8) is 0 Å². The number of imidazole rings is 1. The third kappa shape index (κ3) is 3.87. The fourth-order valence-electron chi connectivity index (χ4n) is 1.87. The first-order valence-corrected chi connectivity index (χ1v) is 7.51. The van der Waals surface area contributed by atoms with Crippen LogP contribution in [0, 0.1) is 6.92 Å². The molecular weight excluding hydrogens is 379 g/mol. The van der Waals surface area contributed by atoms with Gasteiger partial charge in [-0.15, -0.1) is 0 Å². The van der Waals surface area contributed by atoms with E-state index in [1.807, 2.05) is 17.6 Å². The van der Waals surface area contributed by atoms with Crippen LogP contribution in [0.25, 0.3) is 6.08 Å². The Morgan fingerprint density at radius 3 is 2.81 bits per heavy atom. The van der Waals surface area contributed by atoms with Crippen molar-refractivity contribution in [3.05, 3.63) is 56.0 Å². The van der Waals surface area contributed by atoms with Gasteiger partial charge in [-0.3, -0.25) is 0 Å². The van der Waals surface area contributed by atoms with Crippen molar-refractivity contribution in [2.24, 2.45) is 0 Å². The van der Waals surface area contributed by atoms with Gasteiger partial charge in [0.15, 0.2) is 0 Å². The minimum absolute atomic E-state index is 0.472. The summed E-state index contributed by atoms with van der Waals surface area (Å²) in [4.78, 5) is 15.0. The largest absolute Gasteiger partial charge is 0.478 e. The highest BCUT2D eigenvalue weighted by Gasteiger charge is 2.12. The molecule has 2 aromatic rings. The van der Waals surface area contributed by atoms with Crippen molar-refractivity contribution in [3.8, 4) is 0 Å². The number of aryl methyl sites for hydroxylation is 1. The Morgan fingerprint density at radius 1 is 1.48 bits per heavy atom. The maximum Gasteiger partial charge on any atom is 0.328 e. The summed E-state index contributed by atoms with van der Waals surface area (Å²) < 4.78 is 2.46. The minimum Gasteiger partial charge on any atom is -0.478 e. The Bertz CT molecular complexity index is 726. The summed E-state index contributed by atoms with van der Waals surface area (Å²) in [6.07, 6.45) is 2.57. The van der Waals surface area contributed by atoms with E-state index in [9.17, 15) is 4.79 Å². The SMILES string of the molecule is Cc1nc(Br)c(/C=C/C(=O)O)n1Cc1ccc(Cl)cc1Cl. The number of carboxylic acids is 1. The lowest BCUT2D eigenvalue weighted by Crippen LogP contribution is -2.05. The summed E-state index contributed by atoms with van der Waals surface area (Å²) in [7, 11) is 0. The molecule has 4 nitrogen and oxygen atoms in total. The zero-order valence-corrected chi connectivity index (χ0v) is 14.1. The van der Waals surface area contributed by atoms with E-state index in [1.54, 1.807) is 12.1 Å². The first-order chi connectivity index (χ1) is 9.88. The highest BCUT2D eigenvalue weighted by atomic mass is 79.9. The minimum atomic E-state index is -1.02. The lowest BCUT2D eigenvalue weighted by molar-refractivity contribution is -0.131. The Kier molecular flexibility index (Phi) is 5.08. The molecule has 1 aromatic carbocycles. The molecule has 0 saturated heterocycles. The zero-order valence-electron chi connectivity index (χ0n) is 11.0. The Hall–Kier alpha value is -1.30. The van der Waals surface area contributed by atoms with Crippen LogP contribution in [-0.4, -0.2) is 20.6 Å². The molecule has 0 bridgehead atoms. The van der Waals surface area contributed by atoms with Crippen LogP contribution in [0.5, 0.6) is 0 Å². The predicted octanol–water partition coefficient (Wildman–Crippen LogP) is 4.41. The Balaban J connectivity index is 2.41. The molecule has 0 saturated carbocycles. The number of aliphatic carboxylic acids is 1. The van der Waals surface area contributed by atoms with Crippen molar-refractivity contribution >= 4 is 51.2 Å². The van der Waals surface area contributed by atoms with Crippen molar-refractivity contribution in [1.29, 1.82) is 0 Å². The second-order valence-electron chi connectivity index (χ2n) is 4.33. The van der Waals surface area contributed by atoms with E-state index in [1.165, 1.54) is 6.08 Å². The quantitative estimate of drug-likeness (QED) is 0.788. The highest BCUT2D eigenvalue weighted by molar-refractivity contribution is 9.10. The van der Waals surface area contributed by atoms with Crippen molar-refractivity contribution in [2.75, 3.05) is 0 Å². The fourth-order valence-corrected chi connectivity index (χ4v) is 2.95. The number of rotatable bonds is 4. The summed E-state index contributed by atoms with van der Waals surface area (Å²) in [6.45, 7) is 2.31. The first kappa shape index (κ1) is 16.1. The first-order valence-electron chi connectivity index (χ1n) is 5.96. The molecule has 0 aliphatic rings. The van der Waals surface area contributed by atoms with Gasteiger partial charge in [0.05, 0.1) is 12.2 Å². The van der Waals surface area contributed by atoms with E-state index in [0.29, 0.717) is 26.9 Å². The third-order valence-electron chi connectivity index (χ3n) is 2.88. The molecular formula is C14H11BrCl2N2O2. The topological polar surface area (TPSA) is 55.1 Å². The maximum atomic E-state index is 10.7. The van der Waals surface area contributed by atoms with Gasteiger partial charge in [-0.05, 0) is 46.6 Å². The maximum absolute atomic E-state index is 10.7. The fraction of sp³-hybridized carbons (Fsp3) is 0.143. The van der Waals surface area contributed by atoms with E-state index >= 15 is 0 Å². The summed E-state index contributed by atoms with van der Waals surface area (Å²) in [6, 6.07) is 5.27. The third-order valence-corrected chi connectivity index (χ3v) is 4.05. The van der Waals surface area contributed by atoms with Gasteiger partial charge in [-0.1, -0.05) is 29.3 Å². The molecule has 0 unspecified atom stereocenters. The standard InChI is InChI=1S/C14H11BrCl2N2O2/c1-8-18-14(15)12(4-5-13(20)21)19(8)7-9-2-3-10(16)6-11(9)17/h2-6H,7H2,1H3,(H,20,21)/b5-4+. The summed E-state index contributed by atoms with van der Waals surface area (Å²) in [5, 5.41) is 9.88.